The molecule has 17 heavy (non-hydrogen) atoms. The Balaban J connectivity index is 2.97. The van der Waals surface area contributed by atoms with Crippen LogP contribution in [0.25, 0.3) is 0 Å². The molecule has 0 atom stereocenters. The van der Waals surface area contributed by atoms with Gasteiger partial charge in [-0.15, -0.1) is 0 Å². The molecule has 0 radical (unpaired) electrons. The molecule has 3 nitrogen and oxygen atoms in total. The summed E-state index contributed by atoms with van der Waals surface area (Å²) in [6.45, 7) is 3.63. The maximum absolute atomic E-state index is 11.4. The van der Waals surface area contributed by atoms with Crippen molar-refractivity contribution in [2.45, 2.75) is 25.8 Å². The number of halogens is 2. The van der Waals surface area contributed by atoms with Gasteiger partial charge in [0.1, 0.15) is 6.42 Å². The number of rotatable bonds is 3. The first kappa shape index (κ1) is 13.8. The van der Waals surface area contributed by atoms with Crippen molar-refractivity contribution in [3.05, 3.63) is 33.8 Å². The van der Waals surface area contributed by atoms with Crippen LogP contribution in [0.4, 0.5) is 0 Å². The van der Waals surface area contributed by atoms with Gasteiger partial charge in [0.25, 0.3) is 0 Å². The van der Waals surface area contributed by atoms with Gasteiger partial charge in [0, 0.05) is 10.0 Å². The van der Waals surface area contributed by atoms with Crippen LogP contribution in [0.3, 0.4) is 0 Å². The van der Waals surface area contributed by atoms with E-state index >= 15 is 0 Å². The van der Waals surface area contributed by atoms with E-state index in [0.717, 1.165) is 5.56 Å². The second-order valence-corrected chi connectivity index (χ2v) is 4.98. The number of carbonyl (C=O) groups excluding carboxylic acids is 1. The Hall–Kier alpha value is -1.24. The zero-order valence-corrected chi connectivity index (χ0v) is 11.1. The van der Waals surface area contributed by atoms with E-state index in [2.05, 4.69) is 5.32 Å². The molecule has 0 bridgehead atoms. The predicted octanol–water partition coefficient (Wildman–Crippen LogP) is 3.26. The van der Waals surface area contributed by atoms with Crippen molar-refractivity contribution in [3.63, 3.8) is 0 Å². The van der Waals surface area contributed by atoms with Crippen LogP contribution in [-0.4, -0.2) is 5.91 Å². The van der Waals surface area contributed by atoms with Crippen molar-refractivity contribution < 1.29 is 4.79 Å². The summed E-state index contributed by atoms with van der Waals surface area (Å²) in [5, 5.41) is 12.2. The number of hydrogen-bond acceptors (Lipinski definition) is 2. The lowest BCUT2D eigenvalue weighted by Gasteiger charge is -2.27. The fraction of sp³-hybridized carbons (Fsp3) is 0.333. The molecule has 5 heteroatoms. The molecule has 1 aromatic rings. The lowest BCUT2D eigenvalue weighted by atomic mass is 9.94. The molecule has 0 saturated carbocycles. The topological polar surface area (TPSA) is 52.9 Å². The number of carbonyl (C=O) groups is 1. The van der Waals surface area contributed by atoms with E-state index in [9.17, 15) is 4.79 Å². The third-order valence-corrected chi connectivity index (χ3v) is 2.84. The molecule has 1 aromatic carbocycles. The van der Waals surface area contributed by atoms with Crippen molar-refractivity contribution in [2.24, 2.45) is 0 Å². The van der Waals surface area contributed by atoms with Crippen LogP contribution in [0.2, 0.25) is 10.0 Å². The summed E-state index contributed by atoms with van der Waals surface area (Å²) in [6.07, 6.45) is -0.172. The van der Waals surface area contributed by atoms with Crippen LogP contribution in [0.5, 0.6) is 0 Å². The average Bonchev–Trinajstić information content (AvgIpc) is 2.15. The van der Waals surface area contributed by atoms with Crippen LogP contribution in [0.1, 0.15) is 25.8 Å². The smallest absolute Gasteiger partial charge is 0.234 e. The van der Waals surface area contributed by atoms with Crippen molar-refractivity contribution in [1.29, 1.82) is 5.26 Å². The molecule has 0 aliphatic heterocycles. The number of nitrogens with one attached hydrogen (secondary N) is 1. The van der Waals surface area contributed by atoms with Crippen molar-refractivity contribution in [2.75, 3.05) is 0 Å². The van der Waals surface area contributed by atoms with Crippen LogP contribution in [0, 0.1) is 11.3 Å². The van der Waals surface area contributed by atoms with E-state index in [0.29, 0.717) is 10.0 Å². The maximum atomic E-state index is 11.4. The second kappa shape index (κ2) is 5.39. The fourth-order valence-corrected chi connectivity index (χ4v) is 2.17. The molecule has 0 aromatic heterocycles. The van der Waals surface area contributed by atoms with Crippen LogP contribution in [-0.2, 0) is 10.3 Å². The summed E-state index contributed by atoms with van der Waals surface area (Å²) in [6, 6.07) is 6.89. The lowest BCUT2D eigenvalue weighted by molar-refractivity contribution is -0.121. The minimum absolute atomic E-state index is 0.172. The predicted molar refractivity (Wildman–Crippen MR) is 67.9 cm³/mol. The summed E-state index contributed by atoms with van der Waals surface area (Å²) in [5.41, 5.74) is 0.116. The molecule has 0 unspecified atom stereocenters. The minimum atomic E-state index is -0.643. The summed E-state index contributed by atoms with van der Waals surface area (Å²) in [5.74, 6) is -0.330. The van der Waals surface area contributed by atoms with Gasteiger partial charge in [0.05, 0.1) is 11.6 Å². The van der Waals surface area contributed by atoms with Crippen molar-refractivity contribution >= 4 is 29.1 Å². The first-order valence-corrected chi connectivity index (χ1v) is 5.76. The van der Waals surface area contributed by atoms with Gasteiger partial charge in [-0.2, -0.15) is 5.26 Å². The summed E-state index contributed by atoms with van der Waals surface area (Å²) < 4.78 is 0. The Bertz CT molecular complexity index is 478. The van der Waals surface area contributed by atoms with Gasteiger partial charge in [-0.05, 0) is 31.5 Å². The highest BCUT2D eigenvalue weighted by Crippen LogP contribution is 2.30. The van der Waals surface area contributed by atoms with E-state index < -0.39 is 5.54 Å². The lowest BCUT2D eigenvalue weighted by Crippen LogP contribution is -2.40. The summed E-state index contributed by atoms with van der Waals surface area (Å²) >= 11 is 11.9. The molecule has 0 aliphatic carbocycles. The average molecular weight is 271 g/mol. The zero-order valence-electron chi connectivity index (χ0n) is 9.55. The van der Waals surface area contributed by atoms with E-state index in [-0.39, 0.29) is 12.3 Å². The number of nitrogens with zero attached hydrogens (tertiary/aromatic N) is 1. The van der Waals surface area contributed by atoms with Gasteiger partial charge in [-0.3, -0.25) is 4.79 Å². The van der Waals surface area contributed by atoms with Gasteiger partial charge in [-0.25, -0.2) is 0 Å². The van der Waals surface area contributed by atoms with Crippen LogP contribution in [0.15, 0.2) is 18.2 Å². The third-order valence-electron chi connectivity index (χ3n) is 2.30. The van der Waals surface area contributed by atoms with E-state index in [1.807, 2.05) is 13.8 Å². The molecule has 0 heterocycles. The minimum Gasteiger partial charge on any atom is -0.346 e. The van der Waals surface area contributed by atoms with Gasteiger partial charge >= 0.3 is 0 Å². The highest BCUT2D eigenvalue weighted by molar-refractivity contribution is 6.35. The largest absolute Gasteiger partial charge is 0.346 e. The van der Waals surface area contributed by atoms with Gasteiger partial charge in [0.2, 0.25) is 5.91 Å². The molecule has 90 valence electrons. The van der Waals surface area contributed by atoms with Gasteiger partial charge < -0.3 is 5.32 Å². The maximum Gasteiger partial charge on any atom is 0.234 e. The molecule has 1 amide bonds. The number of hydrogen-bond donors (Lipinski definition) is 1. The molecular weight excluding hydrogens is 259 g/mol. The van der Waals surface area contributed by atoms with E-state index in [1.54, 1.807) is 24.3 Å². The Morgan fingerprint density at radius 3 is 2.65 bits per heavy atom. The Labute approximate surface area is 110 Å². The third kappa shape index (κ3) is 3.62. The normalized spacial score (nSPS) is 10.8. The molecule has 1 N–H and O–H groups in total. The standard InChI is InChI=1S/C12H12Cl2N2O/c1-12(2,16-11(17)5-6-15)9-4-3-8(13)7-10(9)14/h3-4,7H,5H2,1-2H3,(H,16,17). The number of benzene rings is 1. The van der Waals surface area contributed by atoms with E-state index in [4.69, 9.17) is 28.5 Å². The monoisotopic (exact) mass is 270 g/mol. The fourth-order valence-electron chi connectivity index (χ4n) is 1.53. The highest BCUT2D eigenvalue weighted by Gasteiger charge is 2.25. The molecule has 0 aliphatic rings. The SMILES string of the molecule is CC(C)(NC(=O)CC#N)c1ccc(Cl)cc1Cl. The van der Waals surface area contributed by atoms with Crippen LogP contribution < -0.4 is 5.32 Å². The summed E-state index contributed by atoms with van der Waals surface area (Å²) in [7, 11) is 0. The van der Waals surface area contributed by atoms with Crippen molar-refractivity contribution in [3.8, 4) is 6.07 Å². The molecule has 1 rings (SSSR count). The molecule has 0 saturated heterocycles. The van der Waals surface area contributed by atoms with Crippen molar-refractivity contribution in [1.82, 2.24) is 5.32 Å². The second-order valence-electron chi connectivity index (χ2n) is 4.13. The Morgan fingerprint density at radius 2 is 2.12 bits per heavy atom. The van der Waals surface area contributed by atoms with Crippen LogP contribution >= 0.6 is 23.2 Å². The first-order chi connectivity index (χ1) is 7.86. The Morgan fingerprint density at radius 1 is 1.47 bits per heavy atom. The number of amides is 1. The highest BCUT2D eigenvalue weighted by atomic mass is 35.5. The Kier molecular flexibility index (Phi) is 4.39. The molecular formula is C12H12Cl2N2O. The summed E-state index contributed by atoms with van der Waals surface area (Å²) in [4.78, 5) is 11.4. The molecule has 0 spiro atoms. The zero-order chi connectivity index (χ0) is 13.1. The van der Waals surface area contributed by atoms with Gasteiger partial charge in [0.15, 0.2) is 0 Å². The van der Waals surface area contributed by atoms with E-state index in [1.165, 1.54) is 0 Å². The molecule has 0 fully saturated rings. The first-order valence-electron chi connectivity index (χ1n) is 5.00. The van der Waals surface area contributed by atoms with Gasteiger partial charge in [-0.1, -0.05) is 29.3 Å². The quantitative estimate of drug-likeness (QED) is 0.917. The number of nitriles is 1.